The second kappa shape index (κ2) is 7.25. The van der Waals surface area contributed by atoms with Crippen molar-refractivity contribution in [3.63, 3.8) is 0 Å². The maximum absolute atomic E-state index is 13.5. The first-order valence-electron chi connectivity index (χ1n) is 9.42. The largest absolute Gasteiger partial charge is 0.389 e. The van der Waals surface area contributed by atoms with Gasteiger partial charge in [-0.15, -0.1) is 0 Å². The third-order valence-corrected chi connectivity index (χ3v) is 7.34. The van der Waals surface area contributed by atoms with Gasteiger partial charge in [-0.1, -0.05) is 70.8 Å². The summed E-state index contributed by atoms with van der Waals surface area (Å²) in [6, 6.07) is 22.8. The Balaban J connectivity index is 1.76. The van der Waals surface area contributed by atoms with Crippen LogP contribution in [0.4, 0.5) is 0 Å². The van der Waals surface area contributed by atoms with E-state index in [1.807, 2.05) is 30.3 Å². The highest BCUT2D eigenvalue weighted by Gasteiger charge is 2.41. The zero-order valence-electron chi connectivity index (χ0n) is 16.1. The third-order valence-electron chi connectivity index (χ3n) is 5.45. The average Bonchev–Trinajstić information content (AvgIpc) is 3.03. The van der Waals surface area contributed by atoms with E-state index in [2.05, 4.69) is 63.2 Å². The van der Waals surface area contributed by atoms with E-state index in [0.717, 1.165) is 11.7 Å². The van der Waals surface area contributed by atoms with Crippen LogP contribution in [0, 0.1) is 20.8 Å². The van der Waals surface area contributed by atoms with Crippen LogP contribution in [-0.2, 0) is 11.0 Å². The van der Waals surface area contributed by atoms with Crippen LogP contribution in [0.15, 0.2) is 72.3 Å². The third kappa shape index (κ3) is 3.40. The van der Waals surface area contributed by atoms with Gasteiger partial charge in [0.05, 0.1) is 0 Å². The smallest absolute Gasteiger partial charge is 0.0670 e. The Labute approximate surface area is 162 Å². The maximum Gasteiger partial charge on any atom is 0.389 e. The highest BCUT2D eigenvalue weighted by molar-refractivity contribution is 7.54. The molecule has 2 atom stereocenters. The number of hydrogen-bond acceptors (Lipinski definition) is 1. The second-order valence-corrected chi connectivity index (χ2v) is 9.15. The van der Waals surface area contributed by atoms with Crippen molar-refractivity contribution in [1.29, 1.82) is 0 Å². The molecule has 2 unspecified atom stereocenters. The number of benzene rings is 3. The van der Waals surface area contributed by atoms with Gasteiger partial charge in [-0.2, -0.15) is 0 Å². The van der Waals surface area contributed by atoms with Crippen molar-refractivity contribution in [3.05, 3.63) is 106 Å². The van der Waals surface area contributed by atoms with Crippen molar-refractivity contribution in [2.24, 2.45) is 0 Å². The van der Waals surface area contributed by atoms with Crippen molar-refractivity contribution in [2.75, 3.05) is 0 Å². The second-order valence-electron chi connectivity index (χ2n) is 7.47. The van der Waals surface area contributed by atoms with Gasteiger partial charge in [0, 0.05) is 5.56 Å². The Kier molecular flexibility index (Phi) is 4.81. The fraction of sp³-hybridized carbons (Fsp3) is 0.200. The first-order valence-corrected chi connectivity index (χ1v) is 10.7. The highest BCUT2D eigenvalue weighted by atomic mass is 31.1. The molecule has 0 aliphatic heterocycles. The molecule has 1 aliphatic carbocycles. The number of rotatable bonds is 4. The summed E-state index contributed by atoms with van der Waals surface area (Å²) >= 11 is 0. The lowest BCUT2D eigenvalue weighted by Gasteiger charge is -2.14. The number of hydrogen-bond donors (Lipinski definition) is 0. The van der Waals surface area contributed by atoms with Gasteiger partial charge in [-0.25, -0.2) is 0 Å². The summed E-state index contributed by atoms with van der Waals surface area (Å²) in [7, 11) is -1.54. The monoisotopic (exact) mass is 371 g/mol. The van der Waals surface area contributed by atoms with E-state index in [9.17, 15) is 4.57 Å². The van der Waals surface area contributed by atoms with Crippen molar-refractivity contribution in [2.45, 2.75) is 32.9 Å². The molecule has 0 spiro atoms. The SMILES string of the molecule is Cc1cc(C)c(CC2=Cc3ccccc3C2[P+](=O)c2ccccc2)c(C)c1. The molecule has 0 fully saturated rings. The summed E-state index contributed by atoms with van der Waals surface area (Å²) in [6.45, 7) is 6.51. The molecular weight excluding hydrogens is 347 g/mol. The van der Waals surface area contributed by atoms with Crippen LogP contribution < -0.4 is 5.30 Å². The number of aryl methyl sites for hydroxylation is 3. The van der Waals surface area contributed by atoms with Gasteiger partial charge in [-0.05, 0) is 67.2 Å². The van der Waals surface area contributed by atoms with Gasteiger partial charge in [0.1, 0.15) is 0 Å². The molecular formula is C25H24OP+. The quantitative estimate of drug-likeness (QED) is 0.482. The summed E-state index contributed by atoms with van der Waals surface area (Å²) in [5.41, 5.74) is 8.91. The maximum atomic E-state index is 13.5. The van der Waals surface area contributed by atoms with Gasteiger partial charge in [0.2, 0.25) is 5.66 Å². The Morgan fingerprint density at radius 3 is 2.19 bits per heavy atom. The summed E-state index contributed by atoms with van der Waals surface area (Å²) in [6.07, 6.45) is 3.11. The van der Waals surface area contributed by atoms with Gasteiger partial charge >= 0.3 is 7.80 Å². The molecule has 2 heteroatoms. The van der Waals surface area contributed by atoms with E-state index in [0.29, 0.717) is 0 Å². The minimum atomic E-state index is -1.54. The fourth-order valence-electron chi connectivity index (χ4n) is 4.21. The Morgan fingerprint density at radius 2 is 1.48 bits per heavy atom. The molecule has 0 saturated carbocycles. The van der Waals surface area contributed by atoms with E-state index in [4.69, 9.17) is 0 Å². The van der Waals surface area contributed by atoms with Gasteiger partial charge in [0.15, 0.2) is 5.30 Å². The first kappa shape index (κ1) is 17.9. The predicted molar refractivity (Wildman–Crippen MR) is 115 cm³/mol. The van der Waals surface area contributed by atoms with Crippen LogP contribution in [0.2, 0.25) is 0 Å². The van der Waals surface area contributed by atoms with Crippen molar-refractivity contribution >= 4 is 19.2 Å². The molecule has 3 aromatic carbocycles. The number of fused-ring (bicyclic) bond motifs is 1. The summed E-state index contributed by atoms with van der Waals surface area (Å²) in [5, 5.41) is 0.928. The van der Waals surface area contributed by atoms with Crippen LogP contribution in [0.1, 0.15) is 39.0 Å². The molecule has 0 aromatic heterocycles. The molecule has 27 heavy (non-hydrogen) atoms. The Hall–Kier alpha value is -2.50. The molecule has 0 heterocycles. The van der Waals surface area contributed by atoms with E-state index in [1.54, 1.807) is 0 Å². The van der Waals surface area contributed by atoms with E-state index >= 15 is 0 Å². The summed E-state index contributed by atoms with van der Waals surface area (Å²) in [5.74, 6) is 0. The highest BCUT2D eigenvalue weighted by Crippen LogP contribution is 2.52. The summed E-state index contributed by atoms with van der Waals surface area (Å²) < 4.78 is 13.5. The lowest BCUT2D eigenvalue weighted by atomic mass is 9.93. The van der Waals surface area contributed by atoms with Crippen LogP contribution >= 0.6 is 7.80 Å². The molecule has 1 aliphatic rings. The van der Waals surface area contributed by atoms with Crippen molar-refractivity contribution in [1.82, 2.24) is 0 Å². The van der Waals surface area contributed by atoms with E-state index < -0.39 is 7.80 Å². The van der Waals surface area contributed by atoms with Gasteiger partial charge < -0.3 is 0 Å². The van der Waals surface area contributed by atoms with E-state index in [-0.39, 0.29) is 5.66 Å². The Bertz CT molecular complexity index is 1020. The zero-order valence-corrected chi connectivity index (χ0v) is 17.0. The zero-order chi connectivity index (χ0) is 19.0. The van der Waals surface area contributed by atoms with Gasteiger partial charge in [-0.3, -0.25) is 0 Å². The molecule has 0 bridgehead atoms. The first-order chi connectivity index (χ1) is 13.0. The minimum absolute atomic E-state index is 0.0429. The van der Waals surface area contributed by atoms with Crippen LogP contribution in [0.25, 0.3) is 6.08 Å². The lowest BCUT2D eigenvalue weighted by Crippen LogP contribution is -2.06. The molecule has 0 N–H and O–H groups in total. The molecule has 0 amide bonds. The molecule has 4 rings (SSSR count). The van der Waals surface area contributed by atoms with Crippen LogP contribution in [0.3, 0.4) is 0 Å². The van der Waals surface area contributed by atoms with E-state index in [1.165, 1.54) is 39.0 Å². The normalized spacial score (nSPS) is 16.0. The fourth-order valence-corrected chi connectivity index (χ4v) is 5.93. The lowest BCUT2D eigenvalue weighted by molar-refractivity contribution is 0.589. The summed E-state index contributed by atoms with van der Waals surface area (Å²) in [4.78, 5) is 0. The van der Waals surface area contributed by atoms with Crippen molar-refractivity contribution in [3.8, 4) is 0 Å². The molecule has 0 saturated heterocycles. The molecule has 134 valence electrons. The molecule has 1 nitrogen and oxygen atoms in total. The minimum Gasteiger partial charge on any atom is -0.0670 e. The van der Waals surface area contributed by atoms with Crippen LogP contribution in [-0.4, -0.2) is 0 Å². The Morgan fingerprint density at radius 1 is 0.852 bits per heavy atom. The standard InChI is InChI=1S/C25H24OP/c1-17-13-18(2)24(19(3)14-17)16-21-15-20-9-7-8-12-23(20)25(21)27(26)22-10-5-4-6-11-22/h4-15,25H,16H2,1-3H3/q+1. The average molecular weight is 371 g/mol. The van der Waals surface area contributed by atoms with Gasteiger partial charge in [0.25, 0.3) is 0 Å². The molecule has 3 aromatic rings. The topological polar surface area (TPSA) is 17.1 Å². The predicted octanol–water partition coefficient (Wildman–Crippen LogP) is 6.45. The number of allylic oxidation sites excluding steroid dienone is 1. The van der Waals surface area contributed by atoms with Crippen LogP contribution in [0.5, 0.6) is 0 Å². The van der Waals surface area contributed by atoms with Crippen molar-refractivity contribution < 1.29 is 4.57 Å². The molecule has 0 radical (unpaired) electrons.